The maximum Gasteiger partial charge on any atom is 0.469 e. The molecular formula is C5H14NO5P. The fraction of sp³-hybridized carbons (Fsp3) is 1.00. The number of aliphatic hydroxyl groups excluding tert-OH is 1. The summed E-state index contributed by atoms with van der Waals surface area (Å²) in [5.41, 5.74) is 0. The first-order valence-electron chi connectivity index (χ1n) is 3.58. The smallest absolute Gasteiger partial charge is 0.395 e. The van der Waals surface area contributed by atoms with E-state index in [2.05, 4.69) is 9.84 Å². The van der Waals surface area contributed by atoms with E-state index in [1.54, 1.807) is 0 Å². The Kier molecular flexibility index (Phi) is 6.55. The van der Waals surface area contributed by atoms with Crippen molar-refractivity contribution in [1.82, 2.24) is 5.32 Å². The molecule has 0 bridgehead atoms. The van der Waals surface area contributed by atoms with Gasteiger partial charge in [0.25, 0.3) is 0 Å². The highest BCUT2D eigenvalue weighted by atomic mass is 31.2. The predicted octanol–water partition coefficient (Wildman–Crippen LogP) is -0.932. The zero-order valence-electron chi connectivity index (χ0n) is 6.64. The van der Waals surface area contributed by atoms with Gasteiger partial charge < -0.3 is 20.2 Å². The van der Waals surface area contributed by atoms with Crippen molar-refractivity contribution in [3.8, 4) is 0 Å². The van der Waals surface area contributed by atoms with E-state index >= 15 is 0 Å². The lowest BCUT2D eigenvalue weighted by atomic mass is 10.4. The van der Waals surface area contributed by atoms with E-state index in [0.29, 0.717) is 19.5 Å². The number of nitrogens with one attached hydrogen (secondary N) is 1. The lowest BCUT2D eigenvalue weighted by molar-refractivity contribution is 0.194. The maximum atomic E-state index is 10.1. The first-order chi connectivity index (χ1) is 5.56. The summed E-state index contributed by atoms with van der Waals surface area (Å²) in [5, 5.41) is 11.2. The van der Waals surface area contributed by atoms with Gasteiger partial charge in [0.2, 0.25) is 0 Å². The second kappa shape index (κ2) is 6.54. The second-order valence-corrected chi connectivity index (χ2v) is 3.39. The molecule has 0 spiro atoms. The molecule has 0 saturated heterocycles. The maximum absolute atomic E-state index is 10.1. The molecule has 0 aliphatic carbocycles. The fourth-order valence-corrected chi connectivity index (χ4v) is 0.952. The third-order valence-electron chi connectivity index (χ3n) is 1.05. The van der Waals surface area contributed by atoms with Gasteiger partial charge in [0, 0.05) is 6.54 Å². The van der Waals surface area contributed by atoms with Gasteiger partial charge in [0.15, 0.2) is 0 Å². The third kappa shape index (κ3) is 10.0. The van der Waals surface area contributed by atoms with Crippen LogP contribution in [-0.2, 0) is 9.09 Å². The summed E-state index contributed by atoms with van der Waals surface area (Å²) in [6.07, 6.45) is 0.505. The van der Waals surface area contributed by atoms with Crippen molar-refractivity contribution in [2.75, 3.05) is 26.3 Å². The summed E-state index contributed by atoms with van der Waals surface area (Å²) < 4.78 is 14.3. The molecule has 0 radical (unpaired) electrons. The molecule has 0 aliphatic heterocycles. The molecule has 0 saturated carbocycles. The lowest BCUT2D eigenvalue weighted by Crippen LogP contribution is -2.20. The first kappa shape index (κ1) is 12.0. The number of hydrogen-bond acceptors (Lipinski definition) is 4. The molecule has 12 heavy (non-hydrogen) atoms. The third-order valence-corrected chi connectivity index (χ3v) is 1.56. The van der Waals surface area contributed by atoms with Crippen LogP contribution in [0.4, 0.5) is 0 Å². The molecule has 7 heteroatoms. The van der Waals surface area contributed by atoms with E-state index in [1.807, 2.05) is 0 Å². The van der Waals surface area contributed by atoms with Crippen molar-refractivity contribution in [2.24, 2.45) is 0 Å². The van der Waals surface area contributed by atoms with Gasteiger partial charge in [-0.05, 0) is 13.0 Å². The minimum absolute atomic E-state index is 0.0166. The molecule has 4 N–H and O–H groups in total. The van der Waals surface area contributed by atoms with Gasteiger partial charge in [0.1, 0.15) is 0 Å². The van der Waals surface area contributed by atoms with Crippen molar-refractivity contribution >= 4 is 7.82 Å². The van der Waals surface area contributed by atoms with Crippen molar-refractivity contribution < 1.29 is 24.0 Å². The van der Waals surface area contributed by atoms with E-state index in [-0.39, 0.29) is 13.2 Å². The van der Waals surface area contributed by atoms with Crippen LogP contribution in [0.25, 0.3) is 0 Å². The molecule has 0 unspecified atom stereocenters. The average molecular weight is 199 g/mol. The number of phosphoric acid groups is 1. The zero-order chi connectivity index (χ0) is 9.45. The van der Waals surface area contributed by atoms with Crippen molar-refractivity contribution in [2.45, 2.75) is 6.42 Å². The molecule has 74 valence electrons. The molecular weight excluding hydrogens is 185 g/mol. The van der Waals surface area contributed by atoms with Gasteiger partial charge in [-0.1, -0.05) is 0 Å². The van der Waals surface area contributed by atoms with Gasteiger partial charge in [-0.2, -0.15) is 0 Å². The van der Waals surface area contributed by atoms with Gasteiger partial charge >= 0.3 is 7.82 Å². The first-order valence-corrected chi connectivity index (χ1v) is 5.11. The van der Waals surface area contributed by atoms with E-state index in [4.69, 9.17) is 14.9 Å². The molecule has 0 heterocycles. The molecule has 0 aromatic carbocycles. The number of hydrogen-bond donors (Lipinski definition) is 4. The quantitative estimate of drug-likeness (QED) is 0.312. The Labute approximate surface area is 70.8 Å². The van der Waals surface area contributed by atoms with Crippen LogP contribution in [0.3, 0.4) is 0 Å². The second-order valence-electron chi connectivity index (χ2n) is 2.15. The monoisotopic (exact) mass is 199 g/mol. The predicted molar refractivity (Wildman–Crippen MR) is 42.6 cm³/mol. The van der Waals surface area contributed by atoms with E-state index in [0.717, 1.165) is 0 Å². The van der Waals surface area contributed by atoms with Crippen LogP contribution < -0.4 is 5.32 Å². The lowest BCUT2D eigenvalue weighted by Gasteiger charge is -2.04. The van der Waals surface area contributed by atoms with E-state index in [9.17, 15) is 4.57 Å². The summed E-state index contributed by atoms with van der Waals surface area (Å²) in [6.45, 7) is 1.12. The van der Waals surface area contributed by atoms with Crippen molar-refractivity contribution in [3.05, 3.63) is 0 Å². The molecule has 0 fully saturated rings. The minimum atomic E-state index is -4.30. The largest absolute Gasteiger partial charge is 0.469 e. The van der Waals surface area contributed by atoms with Crippen LogP contribution in [0.5, 0.6) is 0 Å². The Morgan fingerprint density at radius 2 is 2.00 bits per heavy atom. The van der Waals surface area contributed by atoms with E-state index in [1.165, 1.54) is 0 Å². The molecule has 0 aromatic rings. The number of phosphoric ester groups is 1. The number of rotatable bonds is 7. The highest BCUT2D eigenvalue weighted by molar-refractivity contribution is 7.46. The minimum Gasteiger partial charge on any atom is -0.395 e. The molecule has 0 aromatic heterocycles. The molecule has 0 amide bonds. The zero-order valence-corrected chi connectivity index (χ0v) is 7.54. The molecule has 0 rings (SSSR count). The topological polar surface area (TPSA) is 99.0 Å². The summed E-state index contributed by atoms with van der Waals surface area (Å²) in [4.78, 5) is 16.5. The van der Waals surface area contributed by atoms with E-state index < -0.39 is 7.82 Å². The summed E-state index contributed by atoms with van der Waals surface area (Å²) in [6, 6.07) is 0. The molecule has 0 atom stereocenters. The Morgan fingerprint density at radius 3 is 2.50 bits per heavy atom. The van der Waals surface area contributed by atoms with Gasteiger partial charge in [-0.25, -0.2) is 4.57 Å². The molecule has 0 aliphatic rings. The van der Waals surface area contributed by atoms with Crippen LogP contribution in [-0.4, -0.2) is 41.2 Å². The molecule has 6 nitrogen and oxygen atoms in total. The Morgan fingerprint density at radius 1 is 1.33 bits per heavy atom. The highest BCUT2D eigenvalue weighted by Gasteiger charge is 2.11. The summed E-state index contributed by atoms with van der Waals surface area (Å²) in [7, 11) is -4.30. The summed E-state index contributed by atoms with van der Waals surface area (Å²) >= 11 is 0. The Hall–Kier alpha value is 0.0300. The van der Waals surface area contributed by atoms with Crippen LogP contribution in [0.2, 0.25) is 0 Å². The average Bonchev–Trinajstić information content (AvgIpc) is 1.94. The van der Waals surface area contributed by atoms with Gasteiger partial charge in [-0.3, -0.25) is 4.52 Å². The van der Waals surface area contributed by atoms with Crippen LogP contribution >= 0.6 is 7.82 Å². The Balaban J connectivity index is 3.06. The van der Waals surface area contributed by atoms with Crippen LogP contribution in [0.1, 0.15) is 6.42 Å². The van der Waals surface area contributed by atoms with Crippen LogP contribution in [0.15, 0.2) is 0 Å². The van der Waals surface area contributed by atoms with Crippen molar-refractivity contribution in [1.29, 1.82) is 0 Å². The normalized spacial score (nSPS) is 11.9. The van der Waals surface area contributed by atoms with Crippen molar-refractivity contribution in [3.63, 3.8) is 0 Å². The standard InChI is InChI=1S/C5H14NO5P/c7-4-3-6-2-1-5-11-12(8,9)10/h6-7H,1-5H2,(H2,8,9,10). The fourth-order valence-electron chi connectivity index (χ4n) is 0.585. The number of aliphatic hydroxyl groups is 1. The Bertz CT molecular complexity index is 147. The SMILES string of the molecule is O=P(O)(O)OCCCNCCO. The van der Waals surface area contributed by atoms with Gasteiger partial charge in [0.05, 0.1) is 13.2 Å². The van der Waals surface area contributed by atoms with Gasteiger partial charge in [-0.15, -0.1) is 0 Å². The van der Waals surface area contributed by atoms with Crippen LogP contribution in [0, 0.1) is 0 Å². The summed E-state index contributed by atoms with van der Waals surface area (Å²) in [5.74, 6) is 0. The highest BCUT2D eigenvalue weighted by Crippen LogP contribution is 2.35.